The minimum atomic E-state index is -1.18. The third kappa shape index (κ3) is 8.47. The molecule has 1 saturated heterocycles. The quantitative estimate of drug-likeness (QED) is 0.459. The number of halogens is 3. The lowest BCUT2D eigenvalue weighted by molar-refractivity contribution is -0.122. The lowest BCUT2D eigenvalue weighted by atomic mass is 9.98. The number of rotatable bonds is 10. The number of amides is 2. The number of benzene rings is 2. The number of nitrogens with one attached hydrogen (secondary N) is 1. The number of carboxylic acid groups (broad SMARTS) is 1. The first-order valence-corrected chi connectivity index (χ1v) is 11.4. The summed E-state index contributed by atoms with van der Waals surface area (Å²) in [6.07, 6.45) is -0.586. The second-order valence-corrected chi connectivity index (χ2v) is 8.34. The Labute approximate surface area is 214 Å². The largest absolute Gasteiger partial charge is 0.465 e. The maximum absolute atomic E-state index is 14.1. The molecule has 2 aromatic carbocycles. The van der Waals surface area contributed by atoms with Gasteiger partial charge in [-0.2, -0.15) is 0 Å². The monoisotopic (exact) mass is 527 g/mol. The Balaban J connectivity index is 0.00000432. The van der Waals surface area contributed by atoms with Gasteiger partial charge in [0.15, 0.2) is 5.78 Å². The van der Waals surface area contributed by atoms with Gasteiger partial charge in [0.1, 0.15) is 12.4 Å². The minimum Gasteiger partial charge on any atom is -0.465 e. The van der Waals surface area contributed by atoms with Crippen molar-refractivity contribution in [3.8, 4) is 0 Å². The predicted octanol–water partition coefficient (Wildman–Crippen LogP) is 3.45. The Kier molecular flexibility index (Phi) is 11.4. The first-order chi connectivity index (χ1) is 16.3. The molecule has 0 aromatic heterocycles. The normalized spacial score (nSPS) is 13.5. The van der Waals surface area contributed by atoms with E-state index in [-0.39, 0.29) is 43.2 Å². The zero-order valence-electron chi connectivity index (χ0n) is 19.0. The van der Waals surface area contributed by atoms with Crippen LogP contribution in [0.3, 0.4) is 0 Å². The van der Waals surface area contributed by atoms with Gasteiger partial charge in [-0.25, -0.2) is 9.18 Å². The molecular weight excluding hydrogens is 500 g/mol. The van der Waals surface area contributed by atoms with Gasteiger partial charge in [0.25, 0.3) is 0 Å². The molecule has 1 aliphatic rings. The standard InChI is InChI=1S/C24H27ClFN3O5.ClH/c25-18-7-6-17(20(14-18)23(31)19-4-1-2-5-21(19)26)15-27-22(30)16-29(24(32)33)9-3-8-28-10-12-34-13-11-28;/h1-2,4-7,14H,3,8-13,15-16H2,(H,27,30)(H,32,33);1H. The van der Waals surface area contributed by atoms with Gasteiger partial charge in [0.2, 0.25) is 5.91 Å². The Bertz CT molecular complexity index is 1030. The third-order valence-corrected chi connectivity index (χ3v) is 5.76. The molecule has 2 amide bonds. The molecule has 8 nitrogen and oxygen atoms in total. The first-order valence-electron chi connectivity index (χ1n) is 11.0. The number of ketones is 1. The summed E-state index contributed by atoms with van der Waals surface area (Å²) < 4.78 is 19.4. The molecule has 0 unspecified atom stereocenters. The molecule has 190 valence electrons. The van der Waals surface area contributed by atoms with Gasteiger partial charge in [-0.05, 0) is 36.2 Å². The van der Waals surface area contributed by atoms with Gasteiger partial charge < -0.3 is 15.2 Å². The summed E-state index contributed by atoms with van der Waals surface area (Å²) >= 11 is 6.04. The average Bonchev–Trinajstić information content (AvgIpc) is 2.83. The van der Waals surface area contributed by atoms with Crippen molar-refractivity contribution in [2.45, 2.75) is 13.0 Å². The van der Waals surface area contributed by atoms with Crippen molar-refractivity contribution in [2.24, 2.45) is 0 Å². The van der Waals surface area contributed by atoms with Crippen LogP contribution in [0.5, 0.6) is 0 Å². The number of carbonyl (C=O) groups is 3. The number of hydrogen-bond acceptors (Lipinski definition) is 5. The van der Waals surface area contributed by atoms with Gasteiger partial charge in [-0.1, -0.05) is 29.8 Å². The smallest absolute Gasteiger partial charge is 0.407 e. The number of nitrogens with zero attached hydrogens (tertiary/aromatic N) is 2. The van der Waals surface area contributed by atoms with Crippen LogP contribution in [0.1, 0.15) is 27.9 Å². The molecule has 2 aromatic rings. The van der Waals surface area contributed by atoms with E-state index < -0.39 is 23.6 Å². The second kappa shape index (κ2) is 14.0. The topological polar surface area (TPSA) is 99.2 Å². The summed E-state index contributed by atoms with van der Waals surface area (Å²) in [5, 5.41) is 12.4. The van der Waals surface area contributed by atoms with Crippen molar-refractivity contribution in [3.05, 3.63) is 70.0 Å². The van der Waals surface area contributed by atoms with E-state index in [4.69, 9.17) is 16.3 Å². The highest BCUT2D eigenvalue weighted by Crippen LogP contribution is 2.21. The van der Waals surface area contributed by atoms with Crippen molar-refractivity contribution < 1.29 is 28.6 Å². The molecule has 3 rings (SSSR count). The van der Waals surface area contributed by atoms with Crippen LogP contribution in [0, 0.1) is 5.82 Å². The van der Waals surface area contributed by atoms with Crippen LogP contribution in [0.15, 0.2) is 42.5 Å². The van der Waals surface area contributed by atoms with Gasteiger partial charge in [0.05, 0.1) is 18.8 Å². The van der Waals surface area contributed by atoms with E-state index in [1.807, 2.05) is 0 Å². The number of hydrogen-bond donors (Lipinski definition) is 2. The molecule has 0 aliphatic carbocycles. The van der Waals surface area contributed by atoms with Crippen LogP contribution in [0.2, 0.25) is 5.02 Å². The molecule has 1 heterocycles. The van der Waals surface area contributed by atoms with E-state index in [1.54, 1.807) is 18.2 Å². The third-order valence-electron chi connectivity index (χ3n) is 5.52. The Morgan fingerprint density at radius 2 is 1.83 bits per heavy atom. The lowest BCUT2D eigenvalue weighted by Crippen LogP contribution is -2.42. The lowest BCUT2D eigenvalue weighted by Gasteiger charge is -2.27. The van der Waals surface area contributed by atoms with E-state index in [9.17, 15) is 23.9 Å². The Hall–Kier alpha value is -2.72. The molecule has 35 heavy (non-hydrogen) atoms. The van der Waals surface area contributed by atoms with Crippen LogP contribution in [-0.2, 0) is 16.1 Å². The fourth-order valence-electron chi connectivity index (χ4n) is 3.68. The summed E-state index contributed by atoms with van der Waals surface area (Å²) in [6.45, 7) is 3.52. The molecular formula is C24H28Cl2FN3O5. The summed E-state index contributed by atoms with van der Waals surface area (Å²) in [6, 6.07) is 10.2. The molecule has 0 saturated carbocycles. The van der Waals surface area contributed by atoms with Crippen molar-refractivity contribution in [3.63, 3.8) is 0 Å². The summed E-state index contributed by atoms with van der Waals surface area (Å²) in [5.41, 5.74) is 0.508. The van der Waals surface area contributed by atoms with Crippen LogP contribution < -0.4 is 5.32 Å². The number of ether oxygens (including phenoxy) is 1. The van der Waals surface area contributed by atoms with E-state index >= 15 is 0 Å². The average molecular weight is 528 g/mol. The SMILES string of the molecule is Cl.O=C(CN(CCCN1CCOCC1)C(=O)O)NCc1ccc(Cl)cc1C(=O)c1ccccc1F. The maximum atomic E-state index is 14.1. The summed E-state index contributed by atoms with van der Waals surface area (Å²) in [5.74, 6) is -1.72. The van der Waals surface area contributed by atoms with Gasteiger partial charge in [-0.15, -0.1) is 12.4 Å². The van der Waals surface area contributed by atoms with Crippen LogP contribution in [-0.4, -0.2) is 78.6 Å². The first kappa shape index (κ1) is 28.5. The van der Waals surface area contributed by atoms with E-state index in [2.05, 4.69) is 10.2 Å². The highest BCUT2D eigenvalue weighted by Gasteiger charge is 2.20. The predicted molar refractivity (Wildman–Crippen MR) is 132 cm³/mol. The zero-order chi connectivity index (χ0) is 24.5. The van der Waals surface area contributed by atoms with Gasteiger partial charge >= 0.3 is 6.09 Å². The van der Waals surface area contributed by atoms with Gasteiger partial charge in [-0.3, -0.25) is 19.4 Å². The van der Waals surface area contributed by atoms with Crippen molar-refractivity contribution in [2.75, 3.05) is 45.9 Å². The van der Waals surface area contributed by atoms with E-state index in [1.165, 1.54) is 24.3 Å². The molecule has 0 spiro atoms. The van der Waals surface area contributed by atoms with Crippen LogP contribution in [0.25, 0.3) is 0 Å². The molecule has 0 bridgehead atoms. The van der Waals surface area contributed by atoms with Crippen LogP contribution in [0.4, 0.5) is 9.18 Å². The highest BCUT2D eigenvalue weighted by atomic mass is 35.5. The van der Waals surface area contributed by atoms with E-state index in [0.29, 0.717) is 30.2 Å². The zero-order valence-corrected chi connectivity index (χ0v) is 20.6. The molecule has 1 fully saturated rings. The van der Waals surface area contributed by atoms with Crippen molar-refractivity contribution in [1.29, 1.82) is 0 Å². The van der Waals surface area contributed by atoms with Crippen LogP contribution >= 0.6 is 24.0 Å². The molecule has 0 radical (unpaired) electrons. The molecule has 1 aliphatic heterocycles. The van der Waals surface area contributed by atoms with E-state index in [0.717, 1.165) is 24.5 Å². The molecule has 0 atom stereocenters. The Morgan fingerprint density at radius 1 is 1.11 bits per heavy atom. The number of carbonyl (C=O) groups excluding carboxylic acids is 2. The fraction of sp³-hybridized carbons (Fsp3) is 0.375. The maximum Gasteiger partial charge on any atom is 0.407 e. The summed E-state index contributed by atoms with van der Waals surface area (Å²) in [7, 11) is 0. The minimum absolute atomic E-state index is 0. The summed E-state index contributed by atoms with van der Waals surface area (Å²) in [4.78, 5) is 40.2. The highest BCUT2D eigenvalue weighted by molar-refractivity contribution is 6.31. The number of morpholine rings is 1. The van der Waals surface area contributed by atoms with Crippen molar-refractivity contribution >= 4 is 41.8 Å². The molecule has 2 N–H and O–H groups in total. The second-order valence-electron chi connectivity index (χ2n) is 7.90. The fourth-order valence-corrected chi connectivity index (χ4v) is 3.85. The van der Waals surface area contributed by atoms with Crippen molar-refractivity contribution in [1.82, 2.24) is 15.1 Å². The molecule has 11 heteroatoms. The van der Waals surface area contributed by atoms with Gasteiger partial charge in [0, 0.05) is 43.3 Å². The Morgan fingerprint density at radius 3 is 2.51 bits per heavy atom.